The van der Waals surface area contributed by atoms with Crippen LogP contribution in [0, 0.1) is 5.41 Å². The van der Waals surface area contributed by atoms with E-state index in [9.17, 15) is 14.4 Å². The molecule has 0 N–H and O–H groups in total. The van der Waals surface area contributed by atoms with Gasteiger partial charge in [-0.05, 0) is 40.2 Å². The minimum absolute atomic E-state index is 0.106. The first kappa shape index (κ1) is 13.9. The Labute approximate surface area is 96.7 Å². The first-order valence-electron chi connectivity index (χ1n) is 3.80. The van der Waals surface area contributed by atoms with Gasteiger partial charge >= 0.3 is 0 Å². The average Bonchev–Trinajstić information content (AvgIpc) is 1.76. The summed E-state index contributed by atoms with van der Waals surface area (Å²) in [6.45, 7) is 1.56. The van der Waals surface area contributed by atoms with Crippen molar-refractivity contribution < 1.29 is 14.4 Å². The van der Waals surface area contributed by atoms with Gasteiger partial charge in [-0.15, -0.1) is 0 Å². The summed E-state index contributed by atoms with van der Waals surface area (Å²) >= 11 is 15.5. The second-order valence-electron chi connectivity index (χ2n) is 3.41. The molecule has 0 spiro atoms. The van der Waals surface area contributed by atoms with Crippen LogP contribution in [-0.4, -0.2) is 15.7 Å². The fourth-order valence-electron chi connectivity index (χ4n) is 1.19. The maximum absolute atomic E-state index is 10.7. The molecule has 0 rings (SSSR count). The van der Waals surface area contributed by atoms with E-state index >= 15 is 0 Å². The molecular weight excluding hydrogens is 250 g/mol. The molecule has 0 unspecified atom stereocenters. The summed E-state index contributed by atoms with van der Waals surface area (Å²) in [4.78, 5) is 32.0. The van der Waals surface area contributed by atoms with Crippen LogP contribution in [-0.2, 0) is 14.4 Å². The zero-order valence-electron chi connectivity index (χ0n) is 7.48. The number of carbonyl (C=O) groups excluding carboxylic acids is 3. The molecule has 0 radical (unpaired) electrons. The van der Waals surface area contributed by atoms with Crippen LogP contribution in [0.25, 0.3) is 0 Å². The van der Waals surface area contributed by atoms with E-state index in [1.807, 2.05) is 0 Å². The lowest BCUT2D eigenvalue weighted by Crippen LogP contribution is -2.23. The smallest absolute Gasteiger partial charge is 0.222 e. The number of hydrogen-bond acceptors (Lipinski definition) is 3. The molecule has 0 aliphatic carbocycles. The predicted molar refractivity (Wildman–Crippen MR) is 54.5 cm³/mol. The molecule has 0 atom stereocenters. The van der Waals surface area contributed by atoms with Crippen molar-refractivity contribution in [2.75, 3.05) is 0 Å². The molecule has 0 aromatic heterocycles. The second kappa shape index (κ2) is 5.69. The van der Waals surface area contributed by atoms with Crippen molar-refractivity contribution in [3.05, 3.63) is 0 Å². The second-order valence-corrected chi connectivity index (χ2v) is 4.67. The maximum atomic E-state index is 10.7. The zero-order chi connectivity index (χ0) is 11.4. The molecule has 3 nitrogen and oxygen atoms in total. The summed E-state index contributed by atoms with van der Waals surface area (Å²) < 4.78 is 0. The summed E-state index contributed by atoms with van der Waals surface area (Å²) in [5.41, 5.74) is -0.878. The lowest BCUT2D eigenvalue weighted by atomic mass is 9.81. The molecule has 0 saturated carbocycles. The van der Waals surface area contributed by atoms with Crippen LogP contribution >= 0.6 is 34.8 Å². The van der Waals surface area contributed by atoms with Crippen molar-refractivity contribution in [3.8, 4) is 0 Å². The molecule has 0 saturated heterocycles. The van der Waals surface area contributed by atoms with Gasteiger partial charge in [-0.25, -0.2) is 0 Å². The lowest BCUT2D eigenvalue weighted by molar-refractivity contribution is -0.118. The summed E-state index contributed by atoms with van der Waals surface area (Å²) in [6, 6.07) is 0. The van der Waals surface area contributed by atoms with Crippen LogP contribution < -0.4 is 0 Å². The molecule has 0 aromatic carbocycles. The SMILES string of the molecule is CC(CC(=O)Cl)(CC(=O)Cl)CC(=O)Cl. The molecule has 0 fully saturated rings. The van der Waals surface area contributed by atoms with E-state index in [1.54, 1.807) is 6.92 Å². The highest BCUT2D eigenvalue weighted by Crippen LogP contribution is 2.33. The third kappa shape index (κ3) is 6.35. The van der Waals surface area contributed by atoms with E-state index < -0.39 is 21.1 Å². The van der Waals surface area contributed by atoms with Gasteiger partial charge in [0.2, 0.25) is 15.7 Å². The van der Waals surface area contributed by atoms with Crippen LogP contribution in [0.2, 0.25) is 0 Å². The van der Waals surface area contributed by atoms with Gasteiger partial charge in [0.05, 0.1) is 0 Å². The quantitative estimate of drug-likeness (QED) is 0.689. The Balaban J connectivity index is 4.56. The zero-order valence-corrected chi connectivity index (χ0v) is 9.75. The van der Waals surface area contributed by atoms with E-state index in [1.165, 1.54) is 0 Å². The maximum Gasteiger partial charge on any atom is 0.222 e. The Kier molecular flexibility index (Phi) is 5.64. The van der Waals surface area contributed by atoms with E-state index in [-0.39, 0.29) is 19.3 Å². The number of hydrogen-bond donors (Lipinski definition) is 0. The van der Waals surface area contributed by atoms with E-state index in [4.69, 9.17) is 34.8 Å². The Morgan fingerprint density at radius 1 is 0.857 bits per heavy atom. The summed E-state index contributed by atoms with van der Waals surface area (Å²) in [5.74, 6) is 0. The molecule has 6 heteroatoms. The Bertz CT molecular complexity index is 222. The number of rotatable bonds is 6. The topological polar surface area (TPSA) is 51.2 Å². The standard InChI is InChI=1S/C8H9Cl3O3/c1-8(2-5(9)12,3-6(10)13)4-7(11)14/h2-4H2,1H3. The molecule has 0 aromatic rings. The van der Waals surface area contributed by atoms with Crippen molar-refractivity contribution in [2.45, 2.75) is 26.2 Å². The Hall–Kier alpha value is -0.120. The van der Waals surface area contributed by atoms with Crippen molar-refractivity contribution >= 4 is 50.5 Å². The lowest BCUT2D eigenvalue weighted by Gasteiger charge is -2.24. The summed E-state index contributed by atoms with van der Waals surface area (Å²) in [6.07, 6.45) is -0.317. The molecular formula is C8H9Cl3O3. The monoisotopic (exact) mass is 258 g/mol. The third-order valence-corrected chi connectivity index (χ3v) is 2.10. The van der Waals surface area contributed by atoms with Crippen molar-refractivity contribution in [2.24, 2.45) is 5.41 Å². The van der Waals surface area contributed by atoms with E-state index in [0.717, 1.165) is 0 Å². The number of halogens is 3. The summed E-state index contributed by atoms with van der Waals surface area (Å²) in [5, 5.41) is -1.87. The molecule has 0 amide bonds. The highest BCUT2D eigenvalue weighted by atomic mass is 35.5. The van der Waals surface area contributed by atoms with Gasteiger partial charge in [-0.1, -0.05) is 6.92 Å². The normalized spacial score (nSPS) is 11.1. The van der Waals surface area contributed by atoms with Crippen LogP contribution in [0.5, 0.6) is 0 Å². The highest BCUT2D eigenvalue weighted by molar-refractivity contribution is 6.65. The van der Waals surface area contributed by atoms with Gasteiger partial charge in [0.25, 0.3) is 0 Å². The van der Waals surface area contributed by atoms with Gasteiger partial charge in [0.1, 0.15) is 0 Å². The van der Waals surface area contributed by atoms with Gasteiger partial charge in [0.15, 0.2) is 0 Å². The first-order valence-corrected chi connectivity index (χ1v) is 4.93. The van der Waals surface area contributed by atoms with E-state index in [2.05, 4.69) is 0 Å². The highest BCUT2D eigenvalue weighted by Gasteiger charge is 2.31. The fourth-order valence-corrected chi connectivity index (χ4v) is 2.16. The van der Waals surface area contributed by atoms with Crippen molar-refractivity contribution in [3.63, 3.8) is 0 Å². The van der Waals surface area contributed by atoms with Gasteiger partial charge in [0, 0.05) is 19.3 Å². The van der Waals surface area contributed by atoms with Crippen LogP contribution in [0.4, 0.5) is 0 Å². The Morgan fingerprint density at radius 2 is 1.07 bits per heavy atom. The molecule has 80 valence electrons. The van der Waals surface area contributed by atoms with Crippen molar-refractivity contribution in [1.29, 1.82) is 0 Å². The minimum Gasteiger partial charge on any atom is -0.281 e. The van der Waals surface area contributed by atoms with Crippen LogP contribution in [0.15, 0.2) is 0 Å². The molecule has 14 heavy (non-hydrogen) atoms. The molecule has 0 aliphatic rings. The van der Waals surface area contributed by atoms with Crippen LogP contribution in [0.1, 0.15) is 26.2 Å². The summed E-state index contributed by atoms with van der Waals surface area (Å²) in [7, 11) is 0. The first-order chi connectivity index (χ1) is 6.25. The fraction of sp³-hybridized carbons (Fsp3) is 0.625. The third-order valence-electron chi connectivity index (χ3n) is 1.70. The molecule has 0 bridgehead atoms. The van der Waals surface area contributed by atoms with Crippen LogP contribution in [0.3, 0.4) is 0 Å². The average molecular weight is 260 g/mol. The van der Waals surface area contributed by atoms with Gasteiger partial charge in [-0.3, -0.25) is 14.4 Å². The molecule has 0 heterocycles. The van der Waals surface area contributed by atoms with Crippen molar-refractivity contribution in [1.82, 2.24) is 0 Å². The Morgan fingerprint density at radius 3 is 1.21 bits per heavy atom. The van der Waals surface area contributed by atoms with Gasteiger partial charge in [-0.2, -0.15) is 0 Å². The predicted octanol–water partition coefficient (Wildman–Crippen LogP) is 2.46. The van der Waals surface area contributed by atoms with Gasteiger partial charge < -0.3 is 0 Å². The minimum atomic E-state index is -0.878. The number of carbonyl (C=O) groups is 3. The largest absolute Gasteiger partial charge is 0.281 e. The molecule has 0 aliphatic heterocycles. The van der Waals surface area contributed by atoms with E-state index in [0.29, 0.717) is 0 Å².